The van der Waals surface area contributed by atoms with Gasteiger partial charge in [-0.3, -0.25) is 4.79 Å². The molecule has 2 unspecified atom stereocenters. The van der Waals surface area contributed by atoms with Crippen LogP contribution in [0.5, 0.6) is 11.5 Å². The molecule has 6 nitrogen and oxygen atoms in total. The van der Waals surface area contributed by atoms with E-state index >= 15 is 0 Å². The molecular formula is C24H27Cl2FN2O4. The Morgan fingerprint density at radius 2 is 2.03 bits per heavy atom. The fourth-order valence-corrected chi connectivity index (χ4v) is 4.44. The molecule has 0 radical (unpaired) electrons. The molecule has 0 bridgehead atoms. The molecule has 2 aliphatic heterocycles. The highest BCUT2D eigenvalue weighted by atomic mass is 35.5. The third kappa shape index (κ3) is 6.51. The van der Waals surface area contributed by atoms with Crippen LogP contribution in [0.15, 0.2) is 36.4 Å². The standard InChI is InChI=1S/C24H27Cl2FN2O4/c25-16-1-4-22-15(11-16)12-23(33-22)24(31)28-17-5-8-29(9-6-17)10-7-18(30)14-32-19-2-3-20(26)21(27)13-19/h1-4,11,13,17-18,23,30H,5-10,12,14H2,(H,28,31). The summed E-state index contributed by atoms with van der Waals surface area (Å²) in [6, 6.07) is 9.72. The summed E-state index contributed by atoms with van der Waals surface area (Å²) in [6.07, 6.45) is 1.59. The molecule has 2 aromatic carbocycles. The Labute approximate surface area is 202 Å². The molecule has 1 amide bonds. The van der Waals surface area contributed by atoms with E-state index in [0.717, 1.165) is 43.8 Å². The molecule has 2 heterocycles. The summed E-state index contributed by atoms with van der Waals surface area (Å²) in [7, 11) is 0. The topological polar surface area (TPSA) is 71.0 Å². The van der Waals surface area contributed by atoms with E-state index in [-0.39, 0.29) is 23.6 Å². The first-order valence-electron chi connectivity index (χ1n) is 11.1. The zero-order chi connectivity index (χ0) is 23.4. The third-order valence-electron chi connectivity index (χ3n) is 6.04. The van der Waals surface area contributed by atoms with Crippen LogP contribution in [0, 0.1) is 5.82 Å². The number of hydrogen-bond acceptors (Lipinski definition) is 5. The third-order valence-corrected chi connectivity index (χ3v) is 6.58. The van der Waals surface area contributed by atoms with Crippen LogP contribution in [0.4, 0.5) is 4.39 Å². The molecular weight excluding hydrogens is 470 g/mol. The first kappa shape index (κ1) is 24.1. The zero-order valence-electron chi connectivity index (χ0n) is 18.1. The first-order chi connectivity index (χ1) is 15.9. The fraction of sp³-hybridized carbons (Fsp3) is 0.458. The lowest BCUT2D eigenvalue weighted by molar-refractivity contribution is -0.128. The molecule has 1 saturated heterocycles. The molecule has 1 fully saturated rings. The van der Waals surface area contributed by atoms with Crippen LogP contribution in [0.25, 0.3) is 0 Å². The van der Waals surface area contributed by atoms with Gasteiger partial charge in [0.25, 0.3) is 5.91 Å². The molecule has 2 aromatic rings. The fourth-order valence-electron chi connectivity index (χ4n) is 4.13. The van der Waals surface area contributed by atoms with E-state index in [0.29, 0.717) is 23.6 Å². The number of piperidine rings is 1. The monoisotopic (exact) mass is 496 g/mol. The Kier molecular flexibility index (Phi) is 7.96. The Morgan fingerprint density at radius 1 is 1.24 bits per heavy atom. The summed E-state index contributed by atoms with van der Waals surface area (Å²) in [5, 5.41) is 14.0. The summed E-state index contributed by atoms with van der Waals surface area (Å²) >= 11 is 11.7. The number of nitrogens with one attached hydrogen (secondary N) is 1. The maximum atomic E-state index is 13.5. The van der Waals surface area contributed by atoms with Crippen molar-refractivity contribution in [2.75, 3.05) is 26.2 Å². The highest BCUT2D eigenvalue weighted by Crippen LogP contribution is 2.31. The maximum absolute atomic E-state index is 13.5. The number of aliphatic hydroxyl groups excluding tert-OH is 1. The van der Waals surface area contributed by atoms with E-state index in [2.05, 4.69) is 10.2 Å². The average Bonchev–Trinajstić information content (AvgIpc) is 3.23. The normalized spacial score (nSPS) is 19.6. The summed E-state index contributed by atoms with van der Waals surface area (Å²) < 4.78 is 24.7. The van der Waals surface area contributed by atoms with Crippen molar-refractivity contribution >= 4 is 29.1 Å². The lowest BCUT2D eigenvalue weighted by Gasteiger charge is -2.33. The number of nitrogens with zero attached hydrogens (tertiary/aromatic N) is 1. The molecule has 0 spiro atoms. The van der Waals surface area contributed by atoms with E-state index in [1.165, 1.54) is 12.1 Å². The largest absolute Gasteiger partial charge is 0.491 e. The minimum atomic E-state index is -0.657. The number of fused-ring (bicyclic) bond motifs is 1. The smallest absolute Gasteiger partial charge is 0.261 e. The average molecular weight is 497 g/mol. The van der Waals surface area contributed by atoms with Crippen LogP contribution in [0.3, 0.4) is 0 Å². The second-order valence-electron chi connectivity index (χ2n) is 8.52. The van der Waals surface area contributed by atoms with E-state index < -0.39 is 18.0 Å². The molecule has 4 rings (SSSR count). The Morgan fingerprint density at radius 3 is 2.79 bits per heavy atom. The minimum Gasteiger partial charge on any atom is -0.491 e. The van der Waals surface area contributed by atoms with Gasteiger partial charge in [-0.25, -0.2) is 4.39 Å². The van der Waals surface area contributed by atoms with Gasteiger partial charge in [0.05, 0.1) is 11.1 Å². The molecule has 178 valence electrons. The van der Waals surface area contributed by atoms with Gasteiger partial charge in [0, 0.05) is 43.2 Å². The number of rotatable bonds is 8. The number of amides is 1. The quantitative estimate of drug-likeness (QED) is 0.580. The van der Waals surface area contributed by atoms with Gasteiger partial charge in [0.1, 0.15) is 23.9 Å². The van der Waals surface area contributed by atoms with E-state index in [9.17, 15) is 14.3 Å². The van der Waals surface area contributed by atoms with E-state index in [4.69, 9.17) is 32.7 Å². The molecule has 2 N–H and O–H groups in total. The van der Waals surface area contributed by atoms with Gasteiger partial charge in [-0.1, -0.05) is 23.2 Å². The van der Waals surface area contributed by atoms with Gasteiger partial charge in [-0.2, -0.15) is 0 Å². The molecule has 2 aliphatic rings. The molecule has 33 heavy (non-hydrogen) atoms. The molecule has 0 aromatic heterocycles. The number of ether oxygens (including phenoxy) is 2. The number of carbonyl (C=O) groups is 1. The van der Waals surface area contributed by atoms with Crippen LogP contribution in [-0.4, -0.2) is 60.4 Å². The highest BCUT2D eigenvalue weighted by molar-refractivity contribution is 6.31. The predicted octanol–water partition coefficient (Wildman–Crippen LogP) is 3.85. The van der Waals surface area contributed by atoms with Crippen molar-refractivity contribution in [3.8, 4) is 11.5 Å². The van der Waals surface area contributed by atoms with Crippen LogP contribution in [0.1, 0.15) is 24.8 Å². The van der Waals surface area contributed by atoms with Crippen LogP contribution >= 0.6 is 23.2 Å². The minimum absolute atomic E-state index is 0.0354. The molecule has 2 atom stereocenters. The summed E-state index contributed by atoms with van der Waals surface area (Å²) in [5.41, 5.74) is 0.959. The van der Waals surface area contributed by atoms with Crippen LogP contribution < -0.4 is 14.8 Å². The van der Waals surface area contributed by atoms with Crippen LogP contribution in [-0.2, 0) is 11.2 Å². The van der Waals surface area contributed by atoms with Crippen molar-refractivity contribution in [1.29, 1.82) is 0 Å². The SMILES string of the molecule is O=C(NC1CCN(CCC(O)COc2ccc(Cl)c(F)c2)CC1)C1Cc2cc(Cl)ccc2O1. The van der Waals surface area contributed by atoms with E-state index in [1.54, 1.807) is 18.2 Å². The van der Waals surface area contributed by atoms with Gasteiger partial charge in [-0.05, 0) is 55.2 Å². The van der Waals surface area contributed by atoms with Gasteiger partial charge >= 0.3 is 0 Å². The molecule has 9 heteroatoms. The summed E-state index contributed by atoms with van der Waals surface area (Å²) in [4.78, 5) is 14.9. The summed E-state index contributed by atoms with van der Waals surface area (Å²) in [5.74, 6) is 0.419. The zero-order valence-corrected chi connectivity index (χ0v) is 19.6. The van der Waals surface area contributed by atoms with Crippen molar-refractivity contribution in [3.63, 3.8) is 0 Å². The van der Waals surface area contributed by atoms with E-state index in [1.807, 2.05) is 6.07 Å². The van der Waals surface area contributed by atoms with Gasteiger partial charge in [0.15, 0.2) is 6.10 Å². The maximum Gasteiger partial charge on any atom is 0.261 e. The Hall–Kier alpha value is -2.06. The number of hydrogen-bond donors (Lipinski definition) is 2. The lowest BCUT2D eigenvalue weighted by atomic mass is 10.0. The Bertz CT molecular complexity index is 985. The Balaban J connectivity index is 1.13. The highest BCUT2D eigenvalue weighted by Gasteiger charge is 2.31. The molecule has 0 aliphatic carbocycles. The number of aliphatic hydroxyl groups is 1. The lowest BCUT2D eigenvalue weighted by Crippen LogP contribution is -2.48. The number of carbonyl (C=O) groups excluding carboxylic acids is 1. The van der Waals surface area contributed by atoms with Crippen molar-refractivity contribution in [1.82, 2.24) is 10.2 Å². The second-order valence-corrected chi connectivity index (χ2v) is 9.36. The predicted molar refractivity (Wildman–Crippen MR) is 125 cm³/mol. The van der Waals surface area contributed by atoms with Crippen molar-refractivity contribution in [2.45, 2.75) is 43.9 Å². The van der Waals surface area contributed by atoms with Crippen molar-refractivity contribution in [2.24, 2.45) is 0 Å². The van der Waals surface area contributed by atoms with Crippen molar-refractivity contribution < 1.29 is 23.8 Å². The summed E-state index contributed by atoms with van der Waals surface area (Å²) in [6.45, 7) is 2.48. The van der Waals surface area contributed by atoms with Gasteiger partial charge < -0.3 is 24.8 Å². The van der Waals surface area contributed by atoms with Crippen LogP contribution in [0.2, 0.25) is 10.0 Å². The number of benzene rings is 2. The first-order valence-corrected chi connectivity index (χ1v) is 11.9. The van der Waals surface area contributed by atoms with Gasteiger partial charge in [0.2, 0.25) is 0 Å². The van der Waals surface area contributed by atoms with Crippen molar-refractivity contribution in [3.05, 3.63) is 57.8 Å². The number of likely N-dealkylation sites (tertiary alicyclic amines) is 1. The van der Waals surface area contributed by atoms with Gasteiger partial charge in [-0.15, -0.1) is 0 Å². The molecule has 0 saturated carbocycles. The second kappa shape index (κ2) is 10.9. The number of halogens is 3.